The number of carbonyl (C=O) groups excluding carboxylic acids is 1. The van der Waals surface area contributed by atoms with E-state index in [1.165, 1.54) is 6.42 Å². The first-order valence-corrected chi connectivity index (χ1v) is 6.46. The minimum absolute atomic E-state index is 0.00986. The molecule has 4 heteroatoms. The number of amides is 1. The smallest absolute Gasteiger partial charge is 0.326 e. The van der Waals surface area contributed by atoms with Crippen LogP contribution >= 0.6 is 0 Å². The summed E-state index contributed by atoms with van der Waals surface area (Å²) in [6, 6.07) is -0.767. The maximum atomic E-state index is 12.1. The molecule has 0 bridgehead atoms. The highest BCUT2D eigenvalue weighted by atomic mass is 16.4. The molecule has 0 spiro atoms. The van der Waals surface area contributed by atoms with E-state index in [0.717, 1.165) is 19.3 Å². The van der Waals surface area contributed by atoms with Crippen molar-refractivity contribution < 1.29 is 14.7 Å². The molecular weight excluding hydrogens is 218 g/mol. The topological polar surface area (TPSA) is 66.4 Å². The summed E-state index contributed by atoms with van der Waals surface area (Å²) in [7, 11) is 0. The molecule has 1 amide bonds. The highest BCUT2D eigenvalue weighted by Crippen LogP contribution is 2.29. The van der Waals surface area contributed by atoms with Crippen molar-refractivity contribution in [3.8, 4) is 0 Å². The van der Waals surface area contributed by atoms with Gasteiger partial charge in [0, 0.05) is 5.92 Å². The third-order valence-corrected chi connectivity index (χ3v) is 3.68. The molecule has 0 heterocycles. The Hall–Kier alpha value is -1.06. The first-order valence-electron chi connectivity index (χ1n) is 6.46. The van der Waals surface area contributed by atoms with Crippen molar-refractivity contribution in [3.05, 3.63) is 0 Å². The second-order valence-corrected chi connectivity index (χ2v) is 5.44. The van der Waals surface area contributed by atoms with Crippen LogP contribution in [-0.4, -0.2) is 23.0 Å². The van der Waals surface area contributed by atoms with Crippen LogP contribution in [0.4, 0.5) is 0 Å². The second-order valence-electron chi connectivity index (χ2n) is 5.44. The van der Waals surface area contributed by atoms with Crippen LogP contribution in [0.25, 0.3) is 0 Å². The number of rotatable bonds is 4. The third-order valence-electron chi connectivity index (χ3n) is 3.68. The molecule has 1 saturated carbocycles. The quantitative estimate of drug-likeness (QED) is 0.791. The monoisotopic (exact) mass is 241 g/mol. The van der Waals surface area contributed by atoms with Crippen molar-refractivity contribution in [2.45, 2.75) is 52.5 Å². The lowest BCUT2D eigenvalue weighted by Crippen LogP contribution is -2.48. The zero-order valence-corrected chi connectivity index (χ0v) is 10.9. The summed E-state index contributed by atoms with van der Waals surface area (Å²) in [6.45, 7) is 5.70. The fourth-order valence-electron chi connectivity index (χ4n) is 2.48. The largest absolute Gasteiger partial charge is 0.480 e. The van der Waals surface area contributed by atoms with E-state index >= 15 is 0 Å². The molecule has 0 aromatic carbocycles. The van der Waals surface area contributed by atoms with Gasteiger partial charge in [-0.15, -0.1) is 0 Å². The fourth-order valence-corrected chi connectivity index (χ4v) is 2.48. The molecule has 98 valence electrons. The summed E-state index contributed by atoms with van der Waals surface area (Å²) >= 11 is 0. The molecule has 0 aliphatic heterocycles. The van der Waals surface area contributed by atoms with Gasteiger partial charge >= 0.3 is 5.97 Å². The fraction of sp³-hybridized carbons (Fsp3) is 0.846. The summed E-state index contributed by atoms with van der Waals surface area (Å²) in [4.78, 5) is 23.1. The predicted octanol–water partition coefficient (Wildman–Crippen LogP) is 2.04. The second kappa shape index (κ2) is 6.03. The molecule has 0 aromatic heterocycles. The van der Waals surface area contributed by atoms with E-state index in [1.54, 1.807) is 0 Å². The van der Waals surface area contributed by atoms with E-state index in [4.69, 9.17) is 5.11 Å². The number of carboxylic acid groups (broad SMARTS) is 1. The van der Waals surface area contributed by atoms with Gasteiger partial charge in [0.1, 0.15) is 6.04 Å². The Morgan fingerprint density at radius 3 is 2.29 bits per heavy atom. The lowest BCUT2D eigenvalue weighted by molar-refractivity contribution is -0.144. The summed E-state index contributed by atoms with van der Waals surface area (Å²) in [6.07, 6.45) is 4.20. The van der Waals surface area contributed by atoms with Crippen LogP contribution in [0.5, 0.6) is 0 Å². The zero-order valence-electron chi connectivity index (χ0n) is 10.9. The van der Waals surface area contributed by atoms with Crippen molar-refractivity contribution in [2.75, 3.05) is 0 Å². The highest BCUT2D eigenvalue weighted by molar-refractivity contribution is 5.85. The van der Waals surface area contributed by atoms with Crippen molar-refractivity contribution in [3.63, 3.8) is 0 Å². The van der Waals surface area contributed by atoms with Crippen LogP contribution in [0, 0.1) is 17.8 Å². The maximum Gasteiger partial charge on any atom is 0.326 e. The maximum absolute atomic E-state index is 12.1. The van der Waals surface area contributed by atoms with Crippen LogP contribution in [0.1, 0.15) is 46.5 Å². The Labute approximate surface area is 103 Å². The van der Waals surface area contributed by atoms with E-state index in [1.807, 2.05) is 13.8 Å². The molecule has 1 aliphatic carbocycles. The van der Waals surface area contributed by atoms with Gasteiger partial charge in [0.2, 0.25) is 5.91 Å². The molecule has 0 saturated heterocycles. The zero-order chi connectivity index (χ0) is 13.0. The molecule has 2 N–H and O–H groups in total. The van der Waals surface area contributed by atoms with Gasteiger partial charge in [0.15, 0.2) is 0 Å². The van der Waals surface area contributed by atoms with Gasteiger partial charge in [-0.05, 0) is 24.7 Å². The van der Waals surface area contributed by atoms with Gasteiger partial charge < -0.3 is 10.4 Å². The number of carbonyl (C=O) groups is 2. The Morgan fingerprint density at radius 2 is 1.82 bits per heavy atom. The van der Waals surface area contributed by atoms with E-state index in [-0.39, 0.29) is 17.7 Å². The summed E-state index contributed by atoms with van der Waals surface area (Å²) in [5.41, 5.74) is 0. The minimum Gasteiger partial charge on any atom is -0.480 e. The number of aliphatic carboxylic acids is 1. The first-order chi connectivity index (χ1) is 7.93. The van der Waals surface area contributed by atoms with Gasteiger partial charge in [-0.25, -0.2) is 4.79 Å². The molecule has 1 aliphatic rings. The van der Waals surface area contributed by atoms with Crippen LogP contribution < -0.4 is 5.32 Å². The molecule has 0 radical (unpaired) electrons. The predicted molar refractivity (Wildman–Crippen MR) is 65.5 cm³/mol. The lowest BCUT2D eigenvalue weighted by atomic mass is 9.79. The molecule has 3 atom stereocenters. The Balaban J connectivity index is 2.60. The van der Waals surface area contributed by atoms with E-state index in [0.29, 0.717) is 5.92 Å². The highest BCUT2D eigenvalue weighted by Gasteiger charge is 2.31. The summed E-state index contributed by atoms with van der Waals surface area (Å²) in [5, 5.41) is 11.7. The van der Waals surface area contributed by atoms with E-state index in [9.17, 15) is 9.59 Å². The normalized spacial score (nSPS) is 26.6. The number of carboxylic acids is 1. The van der Waals surface area contributed by atoms with Crippen LogP contribution in [-0.2, 0) is 9.59 Å². The van der Waals surface area contributed by atoms with Crippen molar-refractivity contribution >= 4 is 11.9 Å². The molecule has 0 unspecified atom stereocenters. The summed E-state index contributed by atoms with van der Waals surface area (Å²) < 4.78 is 0. The number of nitrogens with one attached hydrogen (secondary N) is 1. The van der Waals surface area contributed by atoms with Crippen molar-refractivity contribution in [1.29, 1.82) is 0 Å². The van der Waals surface area contributed by atoms with Crippen molar-refractivity contribution in [1.82, 2.24) is 5.32 Å². The molecular formula is C13H23NO3. The van der Waals surface area contributed by atoms with Gasteiger partial charge in [-0.1, -0.05) is 33.6 Å². The van der Waals surface area contributed by atoms with Gasteiger partial charge in [0.05, 0.1) is 0 Å². The van der Waals surface area contributed by atoms with Crippen LogP contribution in [0.3, 0.4) is 0 Å². The average Bonchev–Trinajstić information content (AvgIpc) is 2.25. The molecule has 4 nitrogen and oxygen atoms in total. The Morgan fingerprint density at radius 1 is 1.24 bits per heavy atom. The third kappa shape index (κ3) is 3.72. The summed E-state index contributed by atoms with van der Waals surface area (Å²) in [5.74, 6) is -0.764. The van der Waals surface area contributed by atoms with Gasteiger partial charge in [-0.3, -0.25) is 4.79 Å². The molecule has 1 fully saturated rings. The lowest BCUT2D eigenvalue weighted by Gasteiger charge is -2.29. The Kier molecular flexibility index (Phi) is 4.97. The van der Waals surface area contributed by atoms with Gasteiger partial charge in [0.25, 0.3) is 0 Å². The molecule has 17 heavy (non-hydrogen) atoms. The average molecular weight is 241 g/mol. The van der Waals surface area contributed by atoms with Crippen LogP contribution in [0.15, 0.2) is 0 Å². The van der Waals surface area contributed by atoms with Gasteiger partial charge in [-0.2, -0.15) is 0 Å². The first kappa shape index (κ1) is 14.0. The molecule has 0 aromatic rings. The standard InChI is InChI=1S/C13H23NO3/c1-8(2)11(13(16)17)14-12(15)10-7-5-4-6-9(10)3/h8-11H,4-7H2,1-3H3,(H,14,15)(H,16,17)/t9-,10+,11+/m0/s1. The van der Waals surface area contributed by atoms with E-state index < -0.39 is 12.0 Å². The SMILES string of the molecule is CC(C)[C@@H](NC(=O)[C@@H]1CCCC[C@@H]1C)C(=O)O. The van der Waals surface area contributed by atoms with Crippen molar-refractivity contribution in [2.24, 2.45) is 17.8 Å². The molecule has 1 rings (SSSR count). The number of hydrogen-bond acceptors (Lipinski definition) is 2. The van der Waals surface area contributed by atoms with Crippen LogP contribution in [0.2, 0.25) is 0 Å². The Bertz CT molecular complexity index is 288. The minimum atomic E-state index is -0.947. The van der Waals surface area contributed by atoms with E-state index in [2.05, 4.69) is 12.2 Å². The number of hydrogen-bond donors (Lipinski definition) is 2.